The maximum Gasteiger partial charge on any atom is 0.164 e. The third kappa shape index (κ3) is 1.23. The zero-order valence-electron chi connectivity index (χ0n) is 7.14. The van der Waals surface area contributed by atoms with Crippen LogP contribution in [0.15, 0.2) is 18.3 Å². The van der Waals surface area contributed by atoms with Gasteiger partial charge in [-0.2, -0.15) is 0 Å². The number of aliphatic hydroxyl groups is 1. The SMILES string of the molecule is COc1ccn2c(CO)nnc2c1. The molecule has 2 rings (SSSR count). The van der Waals surface area contributed by atoms with Gasteiger partial charge >= 0.3 is 0 Å². The summed E-state index contributed by atoms with van der Waals surface area (Å²) in [7, 11) is 1.59. The second-order valence-corrected chi connectivity index (χ2v) is 2.57. The van der Waals surface area contributed by atoms with E-state index in [1.165, 1.54) is 0 Å². The van der Waals surface area contributed by atoms with Crippen molar-refractivity contribution in [1.82, 2.24) is 14.6 Å². The molecule has 0 aliphatic heterocycles. The molecule has 0 bridgehead atoms. The molecule has 0 radical (unpaired) electrons. The predicted octanol–water partition coefficient (Wildman–Crippen LogP) is 0.230. The second kappa shape index (κ2) is 3.02. The van der Waals surface area contributed by atoms with Crippen LogP contribution in [0, 0.1) is 0 Å². The normalized spacial score (nSPS) is 10.6. The lowest BCUT2D eigenvalue weighted by Gasteiger charge is -1.99. The summed E-state index contributed by atoms with van der Waals surface area (Å²) in [6, 6.07) is 3.54. The van der Waals surface area contributed by atoms with Gasteiger partial charge in [-0.25, -0.2) is 0 Å². The molecule has 0 aliphatic rings. The summed E-state index contributed by atoms with van der Waals surface area (Å²) in [6.45, 7) is -0.118. The number of ether oxygens (including phenoxy) is 1. The van der Waals surface area contributed by atoms with Gasteiger partial charge in [-0.15, -0.1) is 10.2 Å². The fourth-order valence-electron chi connectivity index (χ4n) is 1.16. The highest BCUT2D eigenvalue weighted by atomic mass is 16.5. The van der Waals surface area contributed by atoms with Crippen LogP contribution in [0.1, 0.15) is 5.82 Å². The first-order valence-corrected chi connectivity index (χ1v) is 3.83. The van der Waals surface area contributed by atoms with Crippen LogP contribution in [-0.4, -0.2) is 26.8 Å². The van der Waals surface area contributed by atoms with E-state index >= 15 is 0 Å². The number of pyridine rings is 1. The maximum atomic E-state index is 8.90. The molecular formula is C8H9N3O2. The van der Waals surface area contributed by atoms with Crippen LogP contribution >= 0.6 is 0 Å². The quantitative estimate of drug-likeness (QED) is 0.716. The molecule has 0 spiro atoms. The van der Waals surface area contributed by atoms with Gasteiger partial charge in [0.15, 0.2) is 11.5 Å². The molecule has 0 saturated carbocycles. The Labute approximate surface area is 74.6 Å². The first kappa shape index (κ1) is 8.00. The average Bonchev–Trinajstić information content (AvgIpc) is 2.59. The first-order valence-electron chi connectivity index (χ1n) is 3.83. The molecule has 0 aliphatic carbocycles. The number of aromatic nitrogens is 3. The molecule has 2 heterocycles. The van der Waals surface area contributed by atoms with Crippen LogP contribution in [0.5, 0.6) is 5.75 Å². The third-order valence-electron chi connectivity index (χ3n) is 1.83. The van der Waals surface area contributed by atoms with E-state index in [1.807, 2.05) is 0 Å². The van der Waals surface area contributed by atoms with E-state index in [2.05, 4.69) is 10.2 Å². The molecule has 5 nitrogen and oxygen atoms in total. The minimum atomic E-state index is -0.118. The van der Waals surface area contributed by atoms with E-state index in [0.29, 0.717) is 11.5 Å². The first-order chi connectivity index (χ1) is 6.35. The number of aliphatic hydroxyl groups excluding tert-OH is 1. The Morgan fingerprint density at radius 1 is 1.54 bits per heavy atom. The van der Waals surface area contributed by atoms with Crippen molar-refractivity contribution in [3.05, 3.63) is 24.2 Å². The molecular weight excluding hydrogens is 170 g/mol. The number of methoxy groups -OCH3 is 1. The van der Waals surface area contributed by atoms with E-state index in [0.717, 1.165) is 5.75 Å². The summed E-state index contributed by atoms with van der Waals surface area (Å²) in [6.07, 6.45) is 1.76. The zero-order chi connectivity index (χ0) is 9.26. The number of rotatable bonds is 2. The molecule has 13 heavy (non-hydrogen) atoms. The van der Waals surface area contributed by atoms with Crippen LogP contribution < -0.4 is 4.74 Å². The Balaban J connectivity index is 2.61. The van der Waals surface area contributed by atoms with E-state index in [1.54, 1.807) is 29.8 Å². The largest absolute Gasteiger partial charge is 0.497 e. The minimum Gasteiger partial charge on any atom is -0.497 e. The Morgan fingerprint density at radius 3 is 3.08 bits per heavy atom. The highest BCUT2D eigenvalue weighted by molar-refractivity contribution is 5.43. The topological polar surface area (TPSA) is 59.7 Å². The van der Waals surface area contributed by atoms with Gasteiger partial charge in [-0.05, 0) is 6.07 Å². The van der Waals surface area contributed by atoms with Gasteiger partial charge in [0.1, 0.15) is 12.4 Å². The predicted molar refractivity (Wildman–Crippen MR) is 45.5 cm³/mol. The zero-order valence-corrected chi connectivity index (χ0v) is 7.14. The number of fused-ring (bicyclic) bond motifs is 1. The molecule has 0 unspecified atom stereocenters. The summed E-state index contributed by atoms with van der Waals surface area (Å²) < 4.78 is 6.73. The summed E-state index contributed by atoms with van der Waals surface area (Å²) in [5.74, 6) is 1.25. The Morgan fingerprint density at radius 2 is 2.38 bits per heavy atom. The van der Waals surface area contributed by atoms with Gasteiger partial charge in [0, 0.05) is 12.3 Å². The summed E-state index contributed by atoms with van der Waals surface area (Å²) in [4.78, 5) is 0. The molecule has 68 valence electrons. The highest BCUT2D eigenvalue weighted by Gasteiger charge is 2.03. The van der Waals surface area contributed by atoms with E-state index in [4.69, 9.17) is 9.84 Å². The van der Waals surface area contributed by atoms with Crippen molar-refractivity contribution in [2.45, 2.75) is 6.61 Å². The van der Waals surface area contributed by atoms with E-state index in [-0.39, 0.29) is 6.61 Å². The van der Waals surface area contributed by atoms with Gasteiger partial charge < -0.3 is 9.84 Å². The molecule has 1 N–H and O–H groups in total. The lowest BCUT2D eigenvalue weighted by atomic mass is 10.4. The fourth-order valence-corrected chi connectivity index (χ4v) is 1.16. The van der Waals surface area contributed by atoms with E-state index < -0.39 is 0 Å². The molecule has 2 aromatic rings. The van der Waals surface area contributed by atoms with Crippen LogP contribution in [0.4, 0.5) is 0 Å². The number of hydrogen-bond acceptors (Lipinski definition) is 4. The molecule has 2 aromatic heterocycles. The van der Waals surface area contributed by atoms with Crippen LogP contribution in [0.25, 0.3) is 5.65 Å². The standard InChI is InChI=1S/C8H9N3O2/c1-13-6-2-3-11-7(4-6)9-10-8(11)5-12/h2-4,12H,5H2,1H3. The maximum absolute atomic E-state index is 8.90. The Hall–Kier alpha value is -1.62. The number of nitrogens with zero attached hydrogens (tertiary/aromatic N) is 3. The molecule has 0 aromatic carbocycles. The Bertz CT molecular complexity index is 424. The van der Waals surface area contributed by atoms with Gasteiger partial charge in [0.25, 0.3) is 0 Å². The fraction of sp³-hybridized carbons (Fsp3) is 0.250. The van der Waals surface area contributed by atoms with Gasteiger partial charge in [0.2, 0.25) is 0 Å². The average molecular weight is 179 g/mol. The molecule has 5 heteroatoms. The summed E-state index contributed by atoms with van der Waals surface area (Å²) >= 11 is 0. The van der Waals surface area contributed by atoms with Crippen molar-refractivity contribution in [3.8, 4) is 5.75 Å². The monoisotopic (exact) mass is 179 g/mol. The molecule has 0 atom stereocenters. The second-order valence-electron chi connectivity index (χ2n) is 2.57. The van der Waals surface area contributed by atoms with Crippen molar-refractivity contribution in [2.75, 3.05) is 7.11 Å². The van der Waals surface area contributed by atoms with Crippen molar-refractivity contribution < 1.29 is 9.84 Å². The summed E-state index contributed by atoms with van der Waals surface area (Å²) in [5, 5.41) is 16.6. The Kier molecular flexibility index (Phi) is 1.86. The van der Waals surface area contributed by atoms with Crippen LogP contribution in [0.2, 0.25) is 0 Å². The van der Waals surface area contributed by atoms with Crippen molar-refractivity contribution in [2.24, 2.45) is 0 Å². The van der Waals surface area contributed by atoms with Crippen LogP contribution in [-0.2, 0) is 6.61 Å². The molecule has 0 saturated heterocycles. The highest BCUT2D eigenvalue weighted by Crippen LogP contribution is 2.13. The van der Waals surface area contributed by atoms with Crippen molar-refractivity contribution in [1.29, 1.82) is 0 Å². The summed E-state index contributed by atoms with van der Waals surface area (Å²) in [5.41, 5.74) is 0.670. The third-order valence-corrected chi connectivity index (χ3v) is 1.83. The van der Waals surface area contributed by atoms with Crippen molar-refractivity contribution >= 4 is 5.65 Å². The molecule has 0 fully saturated rings. The lowest BCUT2D eigenvalue weighted by Crippen LogP contribution is -1.93. The van der Waals surface area contributed by atoms with Gasteiger partial charge in [0.05, 0.1) is 7.11 Å². The van der Waals surface area contributed by atoms with Gasteiger partial charge in [-0.1, -0.05) is 0 Å². The van der Waals surface area contributed by atoms with Gasteiger partial charge in [-0.3, -0.25) is 4.40 Å². The van der Waals surface area contributed by atoms with Crippen molar-refractivity contribution in [3.63, 3.8) is 0 Å². The van der Waals surface area contributed by atoms with E-state index in [9.17, 15) is 0 Å². The van der Waals surface area contributed by atoms with Crippen LogP contribution in [0.3, 0.4) is 0 Å². The lowest BCUT2D eigenvalue weighted by molar-refractivity contribution is 0.270. The number of hydrogen-bond donors (Lipinski definition) is 1. The smallest absolute Gasteiger partial charge is 0.164 e. The molecule has 0 amide bonds. The minimum absolute atomic E-state index is 0.118.